The summed E-state index contributed by atoms with van der Waals surface area (Å²) in [6.07, 6.45) is -0.111. The lowest BCUT2D eigenvalue weighted by atomic mass is 10.5. The number of ether oxygens (including phenoxy) is 3. The van der Waals surface area contributed by atoms with Gasteiger partial charge in [0.1, 0.15) is 13.1 Å². The summed E-state index contributed by atoms with van der Waals surface area (Å²) in [6.45, 7) is 2.42. The molecular formula is C11H21NO7S. The Hall–Kier alpha value is -1.19. The molecule has 0 unspecified atom stereocenters. The third kappa shape index (κ3) is 7.41. The third-order valence-electron chi connectivity index (χ3n) is 2.25. The predicted molar refractivity (Wildman–Crippen MR) is 70.5 cm³/mol. The van der Waals surface area contributed by atoms with Crippen LogP contribution < -0.4 is 0 Å². The molecule has 0 aliphatic heterocycles. The highest BCUT2D eigenvalue weighted by atomic mass is 32.2. The van der Waals surface area contributed by atoms with E-state index in [0.29, 0.717) is 4.31 Å². The summed E-state index contributed by atoms with van der Waals surface area (Å²) in [5.41, 5.74) is 0. The Balaban J connectivity index is 4.79. The summed E-state index contributed by atoms with van der Waals surface area (Å²) in [5.74, 6) is -1.86. The first-order valence-electron chi connectivity index (χ1n) is 5.96. The summed E-state index contributed by atoms with van der Waals surface area (Å²) >= 11 is 0. The third-order valence-corrected chi connectivity index (χ3v) is 3.98. The zero-order chi connectivity index (χ0) is 15.8. The number of rotatable bonds is 9. The number of methoxy groups -OCH3 is 2. The molecule has 0 aromatic rings. The molecule has 0 amide bonds. The van der Waals surface area contributed by atoms with Crippen LogP contribution in [0.5, 0.6) is 0 Å². The Morgan fingerprint density at radius 3 is 1.85 bits per heavy atom. The molecule has 0 heterocycles. The van der Waals surface area contributed by atoms with Gasteiger partial charge in [-0.1, -0.05) is 0 Å². The number of esters is 2. The molecule has 0 aliphatic rings. The van der Waals surface area contributed by atoms with Gasteiger partial charge in [-0.15, -0.1) is 0 Å². The average molecular weight is 311 g/mol. The van der Waals surface area contributed by atoms with Crippen molar-refractivity contribution in [3.05, 3.63) is 0 Å². The van der Waals surface area contributed by atoms with Gasteiger partial charge in [-0.3, -0.25) is 9.59 Å². The zero-order valence-corrected chi connectivity index (χ0v) is 12.9. The molecule has 0 saturated carbocycles. The van der Waals surface area contributed by atoms with E-state index in [9.17, 15) is 18.0 Å². The lowest BCUT2D eigenvalue weighted by Gasteiger charge is -2.20. The second-order valence-corrected chi connectivity index (χ2v) is 6.24. The minimum atomic E-state index is -3.82. The first kappa shape index (κ1) is 18.8. The van der Waals surface area contributed by atoms with Crippen molar-refractivity contribution in [1.82, 2.24) is 4.31 Å². The molecule has 0 aromatic heterocycles. The molecule has 0 aliphatic carbocycles. The molecule has 0 radical (unpaired) electrons. The number of carbonyl (C=O) groups is 2. The highest BCUT2D eigenvalue weighted by molar-refractivity contribution is 7.89. The molecule has 118 valence electrons. The maximum absolute atomic E-state index is 12.0. The van der Waals surface area contributed by atoms with E-state index in [2.05, 4.69) is 9.47 Å². The van der Waals surface area contributed by atoms with Crippen LogP contribution in [0.2, 0.25) is 0 Å². The Morgan fingerprint density at radius 2 is 1.50 bits per heavy atom. The standard InChI is InChI=1S/C11H21NO7S/c1-9(2)19-5-6-20(15,16)12(7-10(13)17-3)8-11(14)18-4/h9H,5-8H2,1-4H3. The average Bonchev–Trinajstić information content (AvgIpc) is 2.36. The van der Waals surface area contributed by atoms with Gasteiger partial charge in [0.2, 0.25) is 10.0 Å². The van der Waals surface area contributed by atoms with E-state index in [1.54, 1.807) is 13.8 Å². The van der Waals surface area contributed by atoms with Crippen molar-refractivity contribution in [3.8, 4) is 0 Å². The summed E-state index contributed by atoms with van der Waals surface area (Å²) < 4.78 is 38.8. The molecule has 0 N–H and O–H groups in total. The maximum atomic E-state index is 12.0. The minimum Gasteiger partial charge on any atom is -0.468 e. The van der Waals surface area contributed by atoms with Gasteiger partial charge in [-0.05, 0) is 13.8 Å². The van der Waals surface area contributed by atoms with E-state index < -0.39 is 35.1 Å². The van der Waals surface area contributed by atoms with Gasteiger partial charge in [0.25, 0.3) is 0 Å². The van der Waals surface area contributed by atoms with Crippen LogP contribution in [0.25, 0.3) is 0 Å². The number of sulfonamides is 1. The molecule has 8 nitrogen and oxygen atoms in total. The molecule has 0 fully saturated rings. The van der Waals surface area contributed by atoms with Crippen molar-refractivity contribution in [3.63, 3.8) is 0 Å². The smallest absolute Gasteiger partial charge is 0.321 e. The van der Waals surface area contributed by atoms with E-state index in [4.69, 9.17) is 4.74 Å². The Bertz CT molecular complexity index is 400. The van der Waals surface area contributed by atoms with Crippen molar-refractivity contribution >= 4 is 22.0 Å². The van der Waals surface area contributed by atoms with Gasteiger partial charge in [0.05, 0.1) is 32.7 Å². The quantitative estimate of drug-likeness (QED) is 0.524. The van der Waals surface area contributed by atoms with Crippen LogP contribution in [0.3, 0.4) is 0 Å². The molecule has 0 aromatic carbocycles. The van der Waals surface area contributed by atoms with Crippen LogP contribution >= 0.6 is 0 Å². The number of nitrogens with zero attached hydrogens (tertiary/aromatic N) is 1. The van der Waals surface area contributed by atoms with E-state index in [1.807, 2.05) is 0 Å². The largest absolute Gasteiger partial charge is 0.468 e. The van der Waals surface area contributed by atoms with Crippen molar-refractivity contribution < 1.29 is 32.2 Å². The fraction of sp³-hybridized carbons (Fsp3) is 0.818. The van der Waals surface area contributed by atoms with E-state index in [0.717, 1.165) is 14.2 Å². The van der Waals surface area contributed by atoms with Gasteiger partial charge < -0.3 is 14.2 Å². The van der Waals surface area contributed by atoms with Crippen molar-refractivity contribution in [2.45, 2.75) is 20.0 Å². The maximum Gasteiger partial charge on any atom is 0.321 e. The predicted octanol–water partition coefficient (Wildman–Crippen LogP) is -0.611. The number of hydrogen-bond donors (Lipinski definition) is 0. The van der Waals surface area contributed by atoms with Crippen LogP contribution in [-0.4, -0.2) is 70.4 Å². The molecule has 20 heavy (non-hydrogen) atoms. The minimum absolute atomic E-state index is 0.0289. The van der Waals surface area contributed by atoms with E-state index in [1.165, 1.54) is 0 Å². The Morgan fingerprint density at radius 1 is 1.05 bits per heavy atom. The monoisotopic (exact) mass is 311 g/mol. The van der Waals surface area contributed by atoms with Gasteiger partial charge in [0, 0.05) is 0 Å². The SMILES string of the molecule is COC(=O)CN(CC(=O)OC)S(=O)(=O)CCOC(C)C. The molecular weight excluding hydrogens is 290 g/mol. The van der Waals surface area contributed by atoms with Crippen LogP contribution in [0.4, 0.5) is 0 Å². The van der Waals surface area contributed by atoms with Gasteiger partial charge in [-0.25, -0.2) is 8.42 Å². The van der Waals surface area contributed by atoms with Gasteiger partial charge in [0.15, 0.2) is 0 Å². The normalized spacial score (nSPS) is 11.7. The molecule has 0 atom stereocenters. The molecule has 0 rings (SSSR count). The topological polar surface area (TPSA) is 99.2 Å². The Kier molecular flexibility index (Phi) is 8.35. The lowest BCUT2D eigenvalue weighted by molar-refractivity contribution is -0.143. The summed E-state index contributed by atoms with van der Waals surface area (Å²) in [7, 11) is -1.56. The molecule has 9 heteroatoms. The second kappa shape index (κ2) is 8.88. The molecule has 0 spiro atoms. The van der Waals surface area contributed by atoms with Crippen molar-refractivity contribution in [2.24, 2.45) is 0 Å². The van der Waals surface area contributed by atoms with E-state index >= 15 is 0 Å². The first-order chi connectivity index (χ1) is 9.22. The van der Waals surface area contributed by atoms with Crippen LogP contribution in [-0.2, 0) is 33.8 Å². The highest BCUT2D eigenvalue weighted by Gasteiger charge is 2.27. The summed E-state index contributed by atoms with van der Waals surface area (Å²) in [6, 6.07) is 0. The first-order valence-corrected chi connectivity index (χ1v) is 7.57. The number of hydrogen-bond acceptors (Lipinski definition) is 7. The van der Waals surface area contributed by atoms with E-state index in [-0.39, 0.29) is 18.5 Å². The zero-order valence-electron chi connectivity index (χ0n) is 12.1. The van der Waals surface area contributed by atoms with Crippen LogP contribution in [0.1, 0.15) is 13.8 Å². The van der Waals surface area contributed by atoms with Crippen molar-refractivity contribution in [1.29, 1.82) is 0 Å². The highest BCUT2D eigenvalue weighted by Crippen LogP contribution is 2.04. The van der Waals surface area contributed by atoms with Gasteiger partial charge in [-0.2, -0.15) is 4.31 Å². The Labute approximate surface area is 119 Å². The second-order valence-electron chi connectivity index (χ2n) is 4.16. The summed E-state index contributed by atoms with van der Waals surface area (Å²) in [5, 5.41) is 0. The lowest BCUT2D eigenvalue weighted by Crippen LogP contribution is -2.42. The van der Waals surface area contributed by atoms with Crippen LogP contribution in [0, 0.1) is 0 Å². The molecule has 0 bridgehead atoms. The van der Waals surface area contributed by atoms with Crippen LogP contribution in [0.15, 0.2) is 0 Å². The number of carbonyl (C=O) groups excluding carboxylic acids is 2. The summed E-state index contributed by atoms with van der Waals surface area (Å²) in [4.78, 5) is 22.4. The fourth-order valence-electron chi connectivity index (χ4n) is 1.19. The fourth-order valence-corrected chi connectivity index (χ4v) is 2.36. The van der Waals surface area contributed by atoms with Gasteiger partial charge >= 0.3 is 11.9 Å². The molecule has 0 saturated heterocycles. The van der Waals surface area contributed by atoms with Crippen molar-refractivity contribution in [2.75, 3.05) is 39.7 Å².